The van der Waals surface area contributed by atoms with E-state index in [1.807, 2.05) is 0 Å². The lowest BCUT2D eigenvalue weighted by atomic mass is 9.95. The molecule has 168 valence electrons. The van der Waals surface area contributed by atoms with E-state index in [-0.39, 0.29) is 16.2 Å². The molecule has 0 spiro atoms. The van der Waals surface area contributed by atoms with Crippen LogP contribution in [0.4, 0.5) is 10.1 Å². The minimum atomic E-state index is -0.980. The molecule has 0 aliphatic carbocycles. The van der Waals surface area contributed by atoms with Crippen molar-refractivity contribution in [3.8, 4) is 11.5 Å². The Labute approximate surface area is 194 Å². The van der Waals surface area contributed by atoms with E-state index in [0.717, 1.165) is 0 Å². The van der Waals surface area contributed by atoms with Gasteiger partial charge in [-0.1, -0.05) is 23.7 Å². The van der Waals surface area contributed by atoms with Gasteiger partial charge in [0.25, 0.3) is 11.7 Å². The van der Waals surface area contributed by atoms with E-state index in [2.05, 4.69) is 0 Å². The molecule has 1 aliphatic heterocycles. The van der Waals surface area contributed by atoms with Gasteiger partial charge in [0, 0.05) is 11.3 Å². The Morgan fingerprint density at radius 1 is 1.00 bits per heavy atom. The van der Waals surface area contributed by atoms with Crippen molar-refractivity contribution in [3.63, 3.8) is 0 Å². The van der Waals surface area contributed by atoms with E-state index in [9.17, 15) is 19.1 Å². The summed E-state index contributed by atoms with van der Waals surface area (Å²) in [4.78, 5) is 27.5. The Morgan fingerprint density at radius 2 is 1.73 bits per heavy atom. The van der Waals surface area contributed by atoms with E-state index in [1.165, 1.54) is 55.5 Å². The Morgan fingerprint density at radius 3 is 2.36 bits per heavy atom. The predicted molar refractivity (Wildman–Crippen MR) is 122 cm³/mol. The molecule has 1 saturated heterocycles. The number of benzene rings is 3. The lowest BCUT2D eigenvalue weighted by Crippen LogP contribution is -2.29. The molecule has 3 aromatic carbocycles. The second kappa shape index (κ2) is 8.96. The van der Waals surface area contributed by atoms with E-state index in [1.54, 1.807) is 30.3 Å². The van der Waals surface area contributed by atoms with Crippen molar-refractivity contribution in [2.24, 2.45) is 0 Å². The highest BCUT2D eigenvalue weighted by Crippen LogP contribution is 2.43. The molecule has 0 aromatic heterocycles. The third kappa shape index (κ3) is 4.03. The third-order valence-corrected chi connectivity index (χ3v) is 5.68. The number of Topliss-reactive ketones (excluding diaryl/α,β-unsaturated/α-hetero) is 1. The number of hydrogen-bond donors (Lipinski definition) is 1. The van der Waals surface area contributed by atoms with Crippen molar-refractivity contribution in [1.82, 2.24) is 0 Å². The van der Waals surface area contributed by atoms with Crippen LogP contribution in [0.25, 0.3) is 5.76 Å². The van der Waals surface area contributed by atoms with Crippen LogP contribution in [0.15, 0.2) is 72.3 Å². The molecule has 8 heteroatoms. The monoisotopic (exact) mass is 467 g/mol. The van der Waals surface area contributed by atoms with Crippen LogP contribution >= 0.6 is 11.6 Å². The Bertz CT molecular complexity index is 1270. The van der Waals surface area contributed by atoms with Gasteiger partial charge in [-0.2, -0.15) is 0 Å². The highest BCUT2D eigenvalue weighted by atomic mass is 35.5. The van der Waals surface area contributed by atoms with Gasteiger partial charge in [0.2, 0.25) is 0 Å². The zero-order valence-electron chi connectivity index (χ0n) is 17.7. The molecule has 1 heterocycles. The van der Waals surface area contributed by atoms with Gasteiger partial charge in [0.15, 0.2) is 0 Å². The number of aliphatic hydroxyl groups is 1. The summed E-state index contributed by atoms with van der Waals surface area (Å²) in [6.45, 7) is 0. The molecule has 0 radical (unpaired) electrons. The van der Waals surface area contributed by atoms with E-state index in [4.69, 9.17) is 21.1 Å². The minimum absolute atomic E-state index is 0.126. The lowest BCUT2D eigenvalue weighted by Gasteiger charge is -2.25. The number of carbonyl (C=O) groups excluding carboxylic acids is 2. The van der Waals surface area contributed by atoms with Gasteiger partial charge in [-0.3, -0.25) is 14.5 Å². The summed E-state index contributed by atoms with van der Waals surface area (Å²) in [5.41, 5.74) is 0.946. The standard InChI is InChI=1S/C25H19ClFNO5/c1-32-18-5-3-4-14(12-18)22-21(23(29)15-6-11-20(33-2)19(26)13-15)24(30)25(31)28(22)17-9-7-16(27)8-10-17/h3-13,22,29H,1-2H3/b23-21-. The topological polar surface area (TPSA) is 76.1 Å². The summed E-state index contributed by atoms with van der Waals surface area (Å²) >= 11 is 6.20. The average molecular weight is 468 g/mol. The summed E-state index contributed by atoms with van der Waals surface area (Å²) in [6.07, 6.45) is 0. The van der Waals surface area contributed by atoms with Gasteiger partial charge >= 0.3 is 0 Å². The summed E-state index contributed by atoms with van der Waals surface area (Å²) in [6, 6.07) is 15.6. The van der Waals surface area contributed by atoms with E-state index in [0.29, 0.717) is 22.7 Å². The van der Waals surface area contributed by atoms with E-state index < -0.39 is 29.3 Å². The first kappa shape index (κ1) is 22.4. The van der Waals surface area contributed by atoms with Crippen molar-refractivity contribution in [2.75, 3.05) is 19.1 Å². The molecule has 1 amide bonds. The molecule has 1 fully saturated rings. The van der Waals surface area contributed by atoms with Crippen LogP contribution < -0.4 is 14.4 Å². The number of amides is 1. The number of halogens is 2. The molecule has 0 saturated carbocycles. The molecule has 4 rings (SSSR count). The molecular formula is C25H19ClFNO5. The second-order valence-electron chi connectivity index (χ2n) is 7.27. The van der Waals surface area contributed by atoms with E-state index >= 15 is 0 Å². The highest BCUT2D eigenvalue weighted by Gasteiger charge is 2.47. The molecule has 1 atom stereocenters. The molecule has 0 bridgehead atoms. The zero-order chi connectivity index (χ0) is 23.7. The van der Waals surface area contributed by atoms with Crippen molar-refractivity contribution < 1.29 is 28.6 Å². The van der Waals surface area contributed by atoms with Gasteiger partial charge in [-0.15, -0.1) is 0 Å². The van der Waals surface area contributed by atoms with Crippen LogP contribution in [0, 0.1) is 5.82 Å². The first-order chi connectivity index (χ1) is 15.8. The molecule has 6 nitrogen and oxygen atoms in total. The maximum atomic E-state index is 13.5. The fourth-order valence-electron chi connectivity index (χ4n) is 3.80. The quantitative estimate of drug-likeness (QED) is 0.320. The van der Waals surface area contributed by atoms with Gasteiger partial charge in [-0.05, 0) is 60.2 Å². The van der Waals surface area contributed by atoms with Crippen LogP contribution in [0.2, 0.25) is 5.02 Å². The first-order valence-electron chi connectivity index (χ1n) is 9.90. The van der Waals surface area contributed by atoms with Gasteiger partial charge in [0.05, 0.1) is 30.9 Å². The summed E-state index contributed by atoms with van der Waals surface area (Å²) in [5.74, 6) is -1.71. The Hall–Kier alpha value is -3.84. The number of nitrogens with zero attached hydrogens (tertiary/aromatic N) is 1. The van der Waals surface area contributed by atoms with Gasteiger partial charge in [0.1, 0.15) is 23.1 Å². The molecular weight excluding hydrogens is 449 g/mol. The number of methoxy groups -OCH3 is 2. The number of rotatable bonds is 5. The maximum absolute atomic E-state index is 13.5. The average Bonchev–Trinajstić information content (AvgIpc) is 3.09. The molecule has 1 unspecified atom stereocenters. The summed E-state index contributed by atoms with van der Waals surface area (Å²) < 4.78 is 24.0. The fourth-order valence-corrected chi connectivity index (χ4v) is 4.05. The van der Waals surface area contributed by atoms with Gasteiger partial charge < -0.3 is 14.6 Å². The SMILES string of the molecule is COc1cccc(C2/C(=C(/O)c3ccc(OC)c(Cl)c3)C(=O)C(=O)N2c2ccc(F)cc2)c1. The third-order valence-electron chi connectivity index (χ3n) is 5.38. The highest BCUT2D eigenvalue weighted by molar-refractivity contribution is 6.51. The number of carbonyl (C=O) groups is 2. The maximum Gasteiger partial charge on any atom is 0.300 e. The Balaban J connectivity index is 1.94. The molecule has 33 heavy (non-hydrogen) atoms. The van der Waals surface area contributed by atoms with Crippen LogP contribution in [-0.2, 0) is 9.59 Å². The lowest BCUT2D eigenvalue weighted by molar-refractivity contribution is -0.132. The van der Waals surface area contributed by atoms with Crippen molar-refractivity contribution in [1.29, 1.82) is 0 Å². The fraction of sp³-hybridized carbons (Fsp3) is 0.120. The number of ketones is 1. The van der Waals surface area contributed by atoms with Crippen LogP contribution in [0.1, 0.15) is 17.2 Å². The smallest absolute Gasteiger partial charge is 0.300 e. The summed E-state index contributed by atoms with van der Waals surface area (Å²) in [7, 11) is 2.95. The van der Waals surface area contributed by atoms with Crippen molar-refractivity contribution in [3.05, 3.63) is 94.3 Å². The van der Waals surface area contributed by atoms with Crippen LogP contribution in [-0.4, -0.2) is 31.0 Å². The van der Waals surface area contributed by atoms with Crippen molar-refractivity contribution >= 4 is 34.7 Å². The van der Waals surface area contributed by atoms with Crippen LogP contribution in [0.5, 0.6) is 11.5 Å². The number of ether oxygens (including phenoxy) is 2. The normalized spacial score (nSPS) is 17.3. The largest absolute Gasteiger partial charge is 0.507 e. The second-order valence-corrected chi connectivity index (χ2v) is 7.68. The number of aliphatic hydroxyl groups excluding tert-OH is 1. The molecule has 1 aliphatic rings. The first-order valence-corrected chi connectivity index (χ1v) is 10.3. The van der Waals surface area contributed by atoms with Crippen molar-refractivity contribution in [2.45, 2.75) is 6.04 Å². The van der Waals surface area contributed by atoms with Gasteiger partial charge in [-0.25, -0.2) is 4.39 Å². The number of anilines is 1. The van der Waals surface area contributed by atoms with Crippen LogP contribution in [0.3, 0.4) is 0 Å². The minimum Gasteiger partial charge on any atom is -0.507 e. The number of hydrogen-bond acceptors (Lipinski definition) is 5. The molecule has 3 aromatic rings. The summed E-state index contributed by atoms with van der Waals surface area (Å²) in [5, 5.41) is 11.4. The Kier molecular flexibility index (Phi) is 6.07. The molecule has 1 N–H and O–H groups in total. The predicted octanol–water partition coefficient (Wildman–Crippen LogP) is 5.12. The zero-order valence-corrected chi connectivity index (χ0v) is 18.5.